The Morgan fingerprint density at radius 3 is 2.57 bits per heavy atom. The number of anilines is 1. The van der Waals surface area contributed by atoms with Crippen LogP contribution in [0.25, 0.3) is 0 Å². The lowest BCUT2D eigenvalue weighted by Crippen LogP contribution is -2.37. The van der Waals surface area contributed by atoms with Crippen molar-refractivity contribution in [2.75, 3.05) is 43.5 Å². The molecular weight excluding hydrogens is 377 g/mol. The number of hydrogen-bond acceptors (Lipinski definition) is 4. The van der Waals surface area contributed by atoms with E-state index in [9.17, 15) is 14.0 Å². The number of amides is 2. The lowest BCUT2D eigenvalue weighted by molar-refractivity contribution is -0.117. The smallest absolute Gasteiger partial charge is 0.253 e. The van der Waals surface area contributed by atoms with Gasteiger partial charge in [0.05, 0.1) is 6.54 Å². The Hall–Kier alpha value is -2.38. The molecule has 148 valence electrons. The Bertz CT molecular complexity index is 823. The molecule has 0 atom stereocenters. The highest BCUT2D eigenvalue weighted by Gasteiger charge is 2.18. The molecule has 0 aromatic heterocycles. The molecule has 0 saturated carbocycles. The molecule has 2 aromatic rings. The number of likely N-dealkylation sites (N-methyl/N-ethyl adjacent to an activating group) is 1. The minimum atomic E-state index is -0.276. The zero-order chi connectivity index (χ0) is 19.9. The molecule has 2 aromatic carbocycles. The van der Waals surface area contributed by atoms with Gasteiger partial charge in [-0.3, -0.25) is 14.5 Å². The van der Waals surface area contributed by atoms with Crippen molar-refractivity contribution in [3.8, 4) is 0 Å². The summed E-state index contributed by atoms with van der Waals surface area (Å²) in [5, 5.41) is 2.85. The van der Waals surface area contributed by atoms with Crippen molar-refractivity contribution in [2.45, 2.75) is 6.54 Å². The molecule has 1 saturated heterocycles. The van der Waals surface area contributed by atoms with Crippen LogP contribution in [0, 0.1) is 5.82 Å². The Balaban J connectivity index is 1.54. The van der Waals surface area contributed by atoms with E-state index in [1.165, 1.54) is 12.1 Å². The summed E-state index contributed by atoms with van der Waals surface area (Å²) >= 11 is 1.86. The first-order chi connectivity index (χ1) is 13.5. The van der Waals surface area contributed by atoms with Crippen molar-refractivity contribution in [3.63, 3.8) is 0 Å². The molecule has 0 spiro atoms. The number of benzene rings is 2. The van der Waals surface area contributed by atoms with Crippen LogP contribution in [0.3, 0.4) is 0 Å². The van der Waals surface area contributed by atoms with E-state index < -0.39 is 0 Å². The number of halogens is 1. The minimum Gasteiger partial charge on any atom is -0.337 e. The van der Waals surface area contributed by atoms with E-state index in [-0.39, 0.29) is 24.2 Å². The van der Waals surface area contributed by atoms with E-state index in [1.807, 2.05) is 28.6 Å². The van der Waals surface area contributed by atoms with Crippen LogP contribution in [0.1, 0.15) is 15.9 Å². The number of carbonyl (C=O) groups is 2. The molecule has 0 bridgehead atoms. The van der Waals surface area contributed by atoms with Crippen LogP contribution in [0.4, 0.5) is 10.1 Å². The second-order valence-electron chi connectivity index (χ2n) is 6.83. The van der Waals surface area contributed by atoms with Crippen molar-refractivity contribution in [3.05, 3.63) is 65.5 Å². The van der Waals surface area contributed by atoms with Gasteiger partial charge in [0.2, 0.25) is 5.91 Å². The van der Waals surface area contributed by atoms with Crippen molar-refractivity contribution < 1.29 is 14.0 Å². The molecule has 2 amide bonds. The van der Waals surface area contributed by atoms with E-state index in [2.05, 4.69) is 5.32 Å². The highest BCUT2D eigenvalue weighted by molar-refractivity contribution is 7.99. The molecular formula is C21H24FN3O2S. The molecule has 28 heavy (non-hydrogen) atoms. The Kier molecular flexibility index (Phi) is 7.06. The van der Waals surface area contributed by atoms with Gasteiger partial charge in [-0.1, -0.05) is 18.2 Å². The van der Waals surface area contributed by atoms with Gasteiger partial charge in [-0.25, -0.2) is 4.39 Å². The molecule has 1 heterocycles. The molecule has 0 radical (unpaired) electrons. The summed E-state index contributed by atoms with van der Waals surface area (Å²) in [4.78, 5) is 28.7. The monoisotopic (exact) mass is 401 g/mol. The average Bonchev–Trinajstić information content (AvgIpc) is 2.70. The second kappa shape index (κ2) is 9.71. The largest absolute Gasteiger partial charge is 0.337 e. The molecule has 1 N–H and O–H groups in total. The third kappa shape index (κ3) is 5.81. The number of hydrogen-bond donors (Lipinski definition) is 1. The molecule has 3 rings (SSSR count). The van der Waals surface area contributed by atoms with Gasteiger partial charge in [0.15, 0.2) is 0 Å². The maximum atomic E-state index is 13.0. The molecule has 1 aliphatic heterocycles. The lowest BCUT2D eigenvalue weighted by atomic mass is 10.1. The maximum absolute atomic E-state index is 13.0. The van der Waals surface area contributed by atoms with E-state index in [4.69, 9.17) is 0 Å². The second-order valence-corrected chi connectivity index (χ2v) is 8.06. The first-order valence-electron chi connectivity index (χ1n) is 9.21. The van der Waals surface area contributed by atoms with Crippen LogP contribution in [0.15, 0.2) is 48.5 Å². The third-order valence-electron chi connectivity index (χ3n) is 4.47. The van der Waals surface area contributed by atoms with Crippen LogP contribution in [0.2, 0.25) is 0 Å². The molecule has 0 aliphatic carbocycles. The normalized spacial score (nSPS) is 14.2. The van der Waals surface area contributed by atoms with E-state index >= 15 is 0 Å². The van der Waals surface area contributed by atoms with Gasteiger partial charge in [0, 0.05) is 42.4 Å². The summed E-state index contributed by atoms with van der Waals surface area (Å²) in [6, 6.07) is 13.3. The van der Waals surface area contributed by atoms with Gasteiger partial charge >= 0.3 is 0 Å². The Labute approximate surface area is 168 Å². The van der Waals surface area contributed by atoms with Gasteiger partial charge in [-0.15, -0.1) is 0 Å². The minimum absolute atomic E-state index is 0.00447. The SMILES string of the molecule is CN(CC(=O)Nc1cccc(C(=O)N2CCSCC2)c1)Cc1ccc(F)cc1. The molecule has 0 unspecified atom stereocenters. The fraction of sp³-hybridized carbons (Fsp3) is 0.333. The fourth-order valence-corrected chi connectivity index (χ4v) is 3.99. The van der Waals surface area contributed by atoms with Crippen LogP contribution in [-0.2, 0) is 11.3 Å². The van der Waals surface area contributed by atoms with Crippen molar-refractivity contribution in [2.24, 2.45) is 0 Å². The van der Waals surface area contributed by atoms with Gasteiger partial charge in [-0.05, 0) is 42.9 Å². The number of nitrogens with one attached hydrogen (secondary N) is 1. The van der Waals surface area contributed by atoms with Crippen LogP contribution >= 0.6 is 11.8 Å². The van der Waals surface area contributed by atoms with E-state index in [0.717, 1.165) is 30.2 Å². The molecule has 1 aliphatic rings. The quantitative estimate of drug-likeness (QED) is 0.808. The number of rotatable bonds is 6. The molecule has 7 heteroatoms. The zero-order valence-electron chi connectivity index (χ0n) is 15.9. The summed E-state index contributed by atoms with van der Waals surface area (Å²) < 4.78 is 13.0. The van der Waals surface area contributed by atoms with Crippen LogP contribution in [0.5, 0.6) is 0 Å². The summed E-state index contributed by atoms with van der Waals surface area (Å²) in [6.07, 6.45) is 0. The zero-order valence-corrected chi connectivity index (χ0v) is 16.7. The number of thioether (sulfide) groups is 1. The highest BCUT2D eigenvalue weighted by Crippen LogP contribution is 2.16. The highest BCUT2D eigenvalue weighted by atomic mass is 32.2. The first kappa shape index (κ1) is 20.4. The predicted octanol–water partition coefficient (Wildman–Crippen LogP) is 3.09. The first-order valence-corrected chi connectivity index (χ1v) is 10.4. The van der Waals surface area contributed by atoms with Gasteiger partial charge in [0.25, 0.3) is 5.91 Å². The van der Waals surface area contributed by atoms with Gasteiger partial charge in [-0.2, -0.15) is 11.8 Å². The number of nitrogens with zero attached hydrogens (tertiary/aromatic N) is 2. The molecule has 1 fully saturated rings. The Morgan fingerprint density at radius 1 is 1.14 bits per heavy atom. The van der Waals surface area contributed by atoms with Crippen LogP contribution < -0.4 is 5.32 Å². The standard InChI is InChI=1S/C21H24FN3O2S/c1-24(14-16-5-7-18(22)8-6-16)15-20(26)23-19-4-2-3-17(13-19)21(27)25-9-11-28-12-10-25/h2-8,13H,9-12,14-15H2,1H3,(H,23,26). The summed E-state index contributed by atoms with van der Waals surface area (Å²) in [5.41, 5.74) is 2.13. The summed E-state index contributed by atoms with van der Waals surface area (Å²) in [5.74, 6) is 1.49. The van der Waals surface area contributed by atoms with Crippen molar-refractivity contribution in [1.82, 2.24) is 9.80 Å². The summed E-state index contributed by atoms with van der Waals surface area (Å²) in [6.45, 7) is 2.25. The maximum Gasteiger partial charge on any atom is 0.253 e. The van der Waals surface area contributed by atoms with E-state index in [0.29, 0.717) is 17.8 Å². The van der Waals surface area contributed by atoms with Gasteiger partial charge < -0.3 is 10.2 Å². The lowest BCUT2D eigenvalue weighted by Gasteiger charge is -2.26. The van der Waals surface area contributed by atoms with Crippen molar-refractivity contribution >= 4 is 29.3 Å². The third-order valence-corrected chi connectivity index (χ3v) is 5.41. The topological polar surface area (TPSA) is 52.7 Å². The van der Waals surface area contributed by atoms with Gasteiger partial charge in [0.1, 0.15) is 5.82 Å². The van der Waals surface area contributed by atoms with E-state index in [1.54, 1.807) is 36.4 Å². The molecule has 5 nitrogen and oxygen atoms in total. The predicted molar refractivity (Wildman–Crippen MR) is 111 cm³/mol. The summed E-state index contributed by atoms with van der Waals surface area (Å²) in [7, 11) is 1.83. The van der Waals surface area contributed by atoms with Crippen LogP contribution in [-0.4, -0.2) is 59.8 Å². The Morgan fingerprint density at radius 2 is 1.86 bits per heavy atom. The fourth-order valence-electron chi connectivity index (χ4n) is 3.08. The number of carbonyl (C=O) groups excluding carboxylic acids is 2. The van der Waals surface area contributed by atoms with Crippen molar-refractivity contribution in [1.29, 1.82) is 0 Å². The average molecular weight is 402 g/mol.